The van der Waals surface area contributed by atoms with Crippen LogP contribution in [-0.4, -0.2) is 27.6 Å². The Labute approximate surface area is 209 Å². The van der Waals surface area contributed by atoms with Crippen molar-refractivity contribution in [1.82, 2.24) is 10.2 Å². The largest absolute Gasteiger partial charge is 0.457 e. The zero-order chi connectivity index (χ0) is 24.1. The van der Waals surface area contributed by atoms with Gasteiger partial charge in [-0.05, 0) is 42.2 Å². The van der Waals surface area contributed by atoms with Crippen molar-refractivity contribution in [3.8, 4) is 11.3 Å². The summed E-state index contributed by atoms with van der Waals surface area (Å²) >= 11 is 6.71. The van der Waals surface area contributed by atoms with Gasteiger partial charge in [-0.1, -0.05) is 80.3 Å². The number of nitrogens with zero attached hydrogens (tertiary/aromatic N) is 1. The molecule has 1 aromatic heterocycles. The number of thiocarbonyl (C=S) groups is 1. The molecule has 2 heterocycles. The molecule has 0 spiro atoms. The molecule has 0 atom stereocenters. The average molecular weight is 491 g/mol. The zero-order valence-electron chi connectivity index (χ0n) is 19.1. The maximum absolute atomic E-state index is 12.9. The minimum atomic E-state index is -0.121. The molecular weight excluding hydrogens is 464 g/mol. The van der Waals surface area contributed by atoms with Gasteiger partial charge in [-0.2, -0.15) is 0 Å². The lowest BCUT2D eigenvalue weighted by atomic mass is 10.1. The van der Waals surface area contributed by atoms with Crippen molar-refractivity contribution in [3.05, 3.63) is 88.5 Å². The van der Waals surface area contributed by atoms with Gasteiger partial charge in [0.25, 0.3) is 11.8 Å². The molecular formula is C27H26N2O3S2. The molecule has 4 rings (SSSR count). The fourth-order valence-electron chi connectivity index (χ4n) is 3.48. The topological polar surface area (TPSA) is 62.6 Å². The zero-order valence-corrected chi connectivity index (χ0v) is 20.7. The number of nitrogens with one attached hydrogen (secondary N) is 1. The predicted octanol–water partition coefficient (Wildman–Crippen LogP) is 6.12. The van der Waals surface area contributed by atoms with E-state index in [1.54, 1.807) is 23.1 Å². The van der Waals surface area contributed by atoms with Crippen molar-refractivity contribution in [3.63, 3.8) is 0 Å². The fourth-order valence-corrected chi connectivity index (χ4v) is 4.71. The summed E-state index contributed by atoms with van der Waals surface area (Å²) in [5, 5.41) is 2.94. The highest BCUT2D eigenvalue weighted by atomic mass is 32.2. The van der Waals surface area contributed by atoms with Crippen molar-refractivity contribution in [2.75, 3.05) is 6.54 Å². The van der Waals surface area contributed by atoms with Crippen molar-refractivity contribution in [2.24, 2.45) is 5.92 Å². The number of benzene rings is 2. The summed E-state index contributed by atoms with van der Waals surface area (Å²) in [6.45, 7) is 5.37. The molecule has 1 N–H and O–H groups in total. The van der Waals surface area contributed by atoms with Gasteiger partial charge in [0, 0.05) is 23.7 Å². The van der Waals surface area contributed by atoms with Gasteiger partial charge in [0.2, 0.25) is 0 Å². The molecule has 34 heavy (non-hydrogen) atoms. The number of amides is 2. The highest BCUT2D eigenvalue weighted by Gasteiger charge is 2.32. The van der Waals surface area contributed by atoms with E-state index >= 15 is 0 Å². The Hall–Kier alpha value is -3.16. The van der Waals surface area contributed by atoms with E-state index in [0.29, 0.717) is 45.3 Å². The molecule has 2 aromatic carbocycles. The molecule has 1 fully saturated rings. The van der Waals surface area contributed by atoms with Crippen molar-refractivity contribution in [2.45, 2.75) is 26.8 Å². The highest BCUT2D eigenvalue weighted by molar-refractivity contribution is 8.26. The lowest BCUT2D eigenvalue weighted by Crippen LogP contribution is -2.27. The van der Waals surface area contributed by atoms with E-state index < -0.39 is 0 Å². The van der Waals surface area contributed by atoms with Crippen LogP contribution in [0, 0.1) is 5.92 Å². The molecule has 2 amide bonds. The van der Waals surface area contributed by atoms with E-state index in [4.69, 9.17) is 16.6 Å². The van der Waals surface area contributed by atoms with Gasteiger partial charge in [-0.3, -0.25) is 14.5 Å². The SMILES string of the molecule is CC(C)CCNC(=O)c1ccc(-c2ccc(/C=C3/SC(=S)N(Cc4ccccc4)C3=O)o2)cc1. The van der Waals surface area contributed by atoms with Gasteiger partial charge < -0.3 is 9.73 Å². The lowest BCUT2D eigenvalue weighted by molar-refractivity contribution is -0.122. The van der Waals surface area contributed by atoms with E-state index in [9.17, 15) is 9.59 Å². The van der Waals surface area contributed by atoms with Crippen LogP contribution in [0.3, 0.4) is 0 Å². The first-order chi connectivity index (χ1) is 16.4. The molecule has 0 radical (unpaired) electrons. The second kappa shape index (κ2) is 10.8. The average Bonchev–Trinajstić information content (AvgIpc) is 3.40. The van der Waals surface area contributed by atoms with Crippen molar-refractivity contribution in [1.29, 1.82) is 0 Å². The summed E-state index contributed by atoms with van der Waals surface area (Å²) in [5.41, 5.74) is 2.49. The second-order valence-electron chi connectivity index (χ2n) is 8.47. The molecule has 0 aliphatic carbocycles. The van der Waals surface area contributed by atoms with Crippen LogP contribution in [0.4, 0.5) is 0 Å². The number of rotatable bonds is 8. The maximum atomic E-state index is 12.9. The Morgan fingerprint density at radius 2 is 1.82 bits per heavy atom. The van der Waals surface area contributed by atoms with E-state index in [1.807, 2.05) is 54.6 Å². The Kier molecular flexibility index (Phi) is 7.65. The Bertz CT molecular complexity index is 1210. The number of hydrogen-bond donors (Lipinski definition) is 1. The van der Waals surface area contributed by atoms with Gasteiger partial charge in [0.15, 0.2) is 0 Å². The van der Waals surface area contributed by atoms with Crippen LogP contribution in [-0.2, 0) is 11.3 Å². The molecule has 5 nitrogen and oxygen atoms in total. The van der Waals surface area contributed by atoms with Crippen LogP contribution in [0.1, 0.15) is 41.9 Å². The van der Waals surface area contributed by atoms with Crippen LogP contribution in [0.15, 0.2) is 76.1 Å². The van der Waals surface area contributed by atoms with Crippen LogP contribution in [0.5, 0.6) is 0 Å². The second-order valence-corrected chi connectivity index (χ2v) is 10.1. The summed E-state index contributed by atoms with van der Waals surface area (Å²) in [5.74, 6) is 1.59. The normalized spacial score (nSPS) is 14.9. The Morgan fingerprint density at radius 1 is 1.09 bits per heavy atom. The standard InChI is InChI=1S/C27H26N2O3S2/c1-18(2)14-15-28-25(30)21-10-8-20(9-11-21)23-13-12-22(32-23)16-24-26(31)29(27(33)34-24)17-19-6-4-3-5-7-19/h3-13,16,18H,14-15,17H2,1-2H3,(H,28,30)/b24-16+. The van der Waals surface area contributed by atoms with Crippen LogP contribution >= 0.6 is 24.0 Å². The summed E-state index contributed by atoms with van der Waals surface area (Å²) in [6.07, 6.45) is 2.67. The van der Waals surface area contributed by atoms with Crippen molar-refractivity contribution < 1.29 is 14.0 Å². The Morgan fingerprint density at radius 3 is 2.53 bits per heavy atom. The molecule has 174 valence electrons. The number of furan rings is 1. The monoisotopic (exact) mass is 490 g/mol. The molecule has 3 aromatic rings. The third-order valence-electron chi connectivity index (χ3n) is 5.40. The summed E-state index contributed by atoms with van der Waals surface area (Å²) in [6, 6.07) is 20.8. The molecule has 7 heteroatoms. The number of thioether (sulfide) groups is 1. The minimum absolute atomic E-state index is 0.0788. The van der Waals surface area contributed by atoms with Gasteiger partial charge >= 0.3 is 0 Å². The third-order valence-corrected chi connectivity index (χ3v) is 6.77. The fraction of sp³-hybridized carbons (Fsp3) is 0.222. The van der Waals surface area contributed by atoms with E-state index in [1.165, 1.54) is 11.8 Å². The van der Waals surface area contributed by atoms with Crippen molar-refractivity contribution >= 4 is 46.2 Å². The maximum Gasteiger partial charge on any atom is 0.266 e. The molecule has 0 saturated carbocycles. The van der Waals surface area contributed by atoms with Gasteiger partial charge in [0.1, 0.15) is 15.8 Å². The summed E-state index contributed by atoms with van der Waals surface area (Å²) in [7, 11) is 0. The molecule has 1 aliphatic rings. The number of carbonyl (C=O) groups excluding carboxylic acids is 2. The molecule has 0 bridgehead atoms. The lowest BCUT2D eigenvalue weighted by Gasteiger charge is -2.14. The quantitative estimate of drug-likeness (QED) is 0.304. The van der Waals surface area contributed by atoms with Gasteiger partial charge in [0.05, 0.1) is 11.4 Å². The summed E-state index contributed by atoms with van der Waals surface area (Å²) < 4.78 is 6.49. The molecule has 1 saturated heterocycles. The first kappa shape index (κ1) is 24.0. The van der Waals surface area contributed by atoms with Crippen LogP contribution in [0.2, 0.25) is 0 Å². The van der Waals surface area contributed by atoms with E-state index in [-0.39, 0.29) is 11.8 Å². The molecule has 1 aliphatic heterocycles. The molecule has 0 unspecified atom stereocenters. The smallest absolute Gasteiger partial charge is 0.266 e. The van der Waals surface area contributed by atoms with E-state index in [0.717, 1.165) is 17.5 Å². The Balaban J connectivity index is 1.42. The summed E-state index contributed by atoms with van der Waals surface area (Å²) in [4.78, 5) is 27.3. The number of carbonyl (C=O) groups is 2. The van der Waals surface area contributed by atoms with Gasteiger partial charge in [-0.15, -0.1) is 0 Å². The first-order valence-electron chi connectivity index (χ1n) is 11.2. The minimum Gasteiger partial charge on any atom is -0.457 e. The van der Waals surface area contributed by atoms with Crippen LogP contribution < -0.4 is 5.32 Å². The third kappa shape index (κ3) is 5.85. The first-order valence-corrected chi connectivity index (χ1v) is 12.4. The number of hydrogen-bond acceptors (Lipinski definition) is 5. The predicted molar refractivity (Wildman–Crippen MR) is 141 cm³/mol. The van der Waals surface area contributed by atoms with E-state index in [2.05, 4.69) is 19.2 Å². The highest BCUT2D eigenvalue weighted by Crippen LogP contribution is 2.34. The van der Waals surface area contributed by atoms with Crippen LogP contribution in [0.25, 0.3) is 17.4 Å². The van der Waals surface area contributed by atoms with Gasteiger partial charge in [-0.25, -0.2) is 0 Å².